The first kappa shape index (κ1) is 21.4. The Balaban J connectivity index is 1.38. The zero-order valence-corrected chi connectivity index (χ0v) is 18.6. The minimum absolute atomic E-state index is 0.146. The largest absolute Gasteiger partial charge is 0.379 e. The van der Waals surface area contributed by atoms with E-state index >= 15 is 0 Å². The number of benzene rings is 3. The van der Waals surface area contributed by atoms with Crippen molar-refractivity contribution in [2.75, 3.05) is 26.3 Å². The van der Waals surface area contributed by atoms with Gasteiger partial charge in [-0.2, -0.15) is 0 Å². The number of carbonyl (C=O) groups excluding carboxylic acids is 1. The third-order valence-electron chi connectivity index (χ3n) is 6.39. The first-order valence-corrected chi connectivity index (χ1v) is 11.6. The molecule has 0 saturated carbocycles. The quantitative estimate of drug-likeness (QED) is 0.438. The molecule has 166 valence electrons. The summed E-state index contributed by atoms with van der Waals surface area (Å²) in [6.07, 6.45) is 4.60. The zero-order chi connectivity index (χ0) is 22.5. The standard InChI is InChI=1S/C29H28N2O2/c32-29(28(24-7-3-1-4-8-24)25-9-5-2-6-10-25)31-15-16-33-21-23(20-31)17-22-11-12-27-19-30-14-13-26(27)18-22/h1-14,18-19,23,28H,15-17,20-21H2. The first-order chi connectivity index (χ1) is 16.3. The van der Waals surface area contributed by atoms with E-state index in [9.17, 15) is 4.79 Å². The van der Waals surface area contributed by atoms with Crippen LogP contribution in [-0.4, -0.2) is 42.1 Å². The second-order valence-electron chi connectivity index (χ2n) is 8.74. The van der Waals surface area contributed by atoms with Gasteiger partial charge in [-0.1, -0.05) is 78.9 Å². The summed E-state index contributed by atoms with van der Waals surface area (Å²) in [6, 6.07) is 28.7. The molecule has 0 spiro atoms. The van der Waals surface area contributed by atoms with Crippen molar-refractivity contribution in [1.29, 1.82) is 0 Å². The molecule has 0 aliphatic carbocycles. The highest BCUT2D eigenvalue weighted by atomic mass is 16.5. The number of nitrogens with zero attached hydrogens (tertiary/aromatic N) is 2. The highest BCUT2D eigenvalue weighted by Gasteiger charge is 2.30. The molecule has 3 aromatic carbocycles. The minimum atomic E-state index is -0.306. The van der Waals surface area contributed by atoms with Crippen LogP contribution in [0.3, 0.4) is 0 Å². The van der Waals surface area contributed by atoms with Crippen LogP contribution in [0, 0.1) is 5.92 Å². The van der Waals surface area contributed by atoms with Gasteiger partial charge in [-0.15, -0.1) is 0 Å². The molecule has 1 unspecified atom stereocenters. The van der Waals surface area contributed by atoms with Crippen molar-refractivity contribution in [3.8, 4) is 0 Å². The van der Waals surface area contributed by atoms with Crippen molar-refractivity contribution in [2.45, 2.75) is 12.3 Å². The number of hydrogen-bond acceptors (Lipinski definition) is 3. The van der Waals surface area contributed by atoms with Crippen molar-refractivity contribution in [3.05, 3.63) is 114 Å². The SMILES string of the molecule is O=C(C(c1ccccc1)c1ccccc1)N1CCOCC(Cc2ccc3cnccc3c2)C1. The number of rotatable bonds is 5. The zero-order valence-electron chi connectivity index (χ0n) is 18.6. The molecule has 1 aliphatic rings. The number of hydrogen-bond donors (Lipinski definition) is 0. The van der Waals surface area contributed by atoms with Crippen molar-refractivity contribution < 1.29 is 9.53 Å². The lowest BCUT2D eigenvalue weighted by molar-refractivity contribution is -0.132. The summed E-state index contributed by atoms with van der Waals surface area (Å²) in [7, 11) is 0. The van der Waals surface area contributed by atoms with Crippen molar-refractivity contribution in [3.63, 3.8) is 0 Å². The molecule has 4 heteroatoms. The summed E-state index contributed by atoms with van der Waals surface area (Å²) >= 11 is 0. The summed E-state index contributed by atoms with van der Waals surface area (Å²) in [5, 5.41) is 2.34. The Bertz CT molecular complexity index is 1170. The average molecular weight is 437 g/mol. The number of ether oxygens (including phenoxy) is 1. The summed E-state index contributed by atoms with van der Waals surface area (Å²) in [5.41, 5.74) is 3.32. The van der Waals surface area contributed by atoms with Crippen LogP contribution in [0.25, 0.3) is 10.8 Å². The van der Waals surface area contributed by atoms with Gasteiger partial charge in [0.2, 0.25) is 5.91 Å². The predicted molar refractivity (Wildman–Crippen MR) is 131 cm³/mol. The van der Waals surface area contributed by atoms with Gasteiger partial charge < -0.3 is 9.64 Å². The molecule has 1 amide bonds. The van der Waals surface area contributed by atoms with E-state index in [1.54, 1.807) is 0 Å². The lowest BCUT2D eigenvalue weighted by atomic mass is 9.89. The van der Waals surface area contributed by atoms with E-state index in [2.05, 4.69) is 23.2 Å². The van der Waals surface area contributed by atoms with Gasteiger partial charge in [-0.25, -0.2) is 0 Å². The Hall–Kier alpha value is -3.50. The third-order valence-corrected chi connectivity index (χ3v) is 6.39. The molecule has 4 aromatic rings. The molecule has 4 nitrogen and oxygen atoms in total. The molecule has 0 N–H and O–H groups in total. The molecule has 0 bridgehead atoms. The number of amides is 1. The third kappa shape index (κ3) is 4.96. The number of fused-ring (bicyclic) bond motifs is 1. The van der Waals surface area contributed by atoms with Crippen molar-refractivity contribution in [1.82, 2.24) is 9.88 Å². The van der Waals surface area contributed by atoms with E-state index in [4.69, 9.17) is 4.74 Å². The maximum atomic E-state index is 13.9. The fraction of sp³-hybridized carbons (Fsp3) is 0.241. The lowest BCUT2D eigenvalue weighted by Gasteiger charge is -2.28. The maximum absolute atomic E-state index is 13.9. The Kier molecular flexibility index (Phi) is 6.45. The molecule has 1 saturated heterocycles. The molecule has 1 atom stereocenters. The van der Waals surface area contributed by atoms with Crippen molar-refractivity contribution >= 4 is 16.7 Å². The van der Waals surface area contributed by atoms with Gasteiger partial charge >= 0.3 is 0 Å². The molecule has 1 aromatic heterocycles. The van der Waals surface area contributed by atoms with Gasteiger partial charge in [-0.05, 0) is 34.6 Å². The summed E-state index contributed by atoms with van der Waals surface area (Å²) in [4.78, 5) is 20.1. The highest BCUT2D eigenvalue weighted by molar-refractivity contribution is 5.87. The number of carbonyl (C=O) groups is 1. The second kappa shape index (κ2) is 9.97. The molecule has 2 heterocycles. The fourth-order valence-corrected chi connectivity index (χ4v) is 4.75. The molecule has 1 aliphatic heterocycles. The van der Waals surface area contributed by atoms with E-state index < -0.39 is 0 Å². The topological polar surface area (TPSA) is 42.4 Å². The Labute approximate surface area is 194 Å². The monoisotopic (exact) mass is 436 g/mol. The maximum Gasteiger partial charge on any atom is 0.234 e. The van der Waals surface area contributed by atoms with Crippen LogP contribution in [0.5, 0.6) is 0 Å². The van der Waals surface area contributed by atoms with Crippen molar-refractivity contribution in [2.24, 2.45) is 5.92 Å². The van der Waals surface area contributed by atoms with Crippen LogP contribution in [0.1, 0.15) is 22.6 Å². The Morgan fingerprint density at radius 2 is 1.67 bits per heavy atom. The molecule has 33 heavy (non-hydrogen) atoms. The average Bonchev–Trinajstić information content (AvgIpc) is 3.11. The van der Waals surface area contributed by atoms with E-state index in [0.29, 0.717) is 26.3 Å². The van der Waals surface area contributed by atoms with Crippen LogP contribution >= 0.6 is 0 Å². The van der Waals surface area contributed by atoms with Gasteiger partial charge in [0, 0.05) is 36.8 Å². The molecule has 5 rings (SSSR count). The van der Waals surface area contributed by atoms with E-state index in [1.165, 1.54) is 10.9 Å². The Morgan fingerprint density at radius 1 is 0.939 bits per heavy atom. The number of aromatic nitrogens is 1. The minimum Gasteiger partial charge on any atom is -0.379 e. The van der Waals surface area contributed by atoms with E-state index in [-0.39, 0.29) is 17.7 Å². The number of pyridine rings is 1. The van der Waals surface area contributed by atoms with E-state index in [0.717, 1.165) is 22.9 Å². The van der Waals surface area contributed by atoms with Gasteiger partial charge in [0.05, 0.1) is 19.1 Å². The van der Waals surface area contributed by atoms with E-state index in [1.807, 2.05) is 84.0 Å². The van der Waals surface area contributed by atoms with Gasteiger partial charge in [0.1, 0.15) is 0 Å². The lowest BCUT2D eigenvalue weighted by Crippen LogP contribution is -2.39. The first-order valence-electron chi connectivity index (χ1n) is 11.6. The highest BCUT2D eigenvalue weighted by Crippen LogP contribution is 2.28. The normalized spacial score (nSPS) is 16.6. The van der Waals surface area contributed by atoms with Crippen LogP contribution < -0.4 is 0 Å². The Morgan fingerprint density at radius 3 is 2.39 bits per heavy atom. The van der Waals surface area contributed by atoms with Gasteiger partial charge in [0.15, 0.2) is 0 Å². The second-order valence-corrected chi connectivity index (χ2v) is 8.74. The summed E-state index contributed by atoms with van der Waals surface area (Å²) in [5.74, 6) is 0.0924. The molecule has 0 radical (unpaired) electrons. The van der Waals surface area contributed by atoms with Crippen LogP contribution in [-0.2, 0) is 16.0 Å². The van der Waals surface area contributed by atoms with Gasteiger partial charge in [0.25, 0.3) is 0 Å². The van der Waals surface area contributed by atoms with Crippen LogP contribution in [0.2, 0.25) is 0 Å². The predicted octanol–water partition coefficient (Wildman–Crippen LogP) is 5.08. The molecular weight excluding hydrogens is 408 g/mol. The summed E-state index contributed by atoms with van der Waals surface area (Å²) < 4.78 is 5.93. The smallest absolute Gasteiger partial charge is 0.234 e. The van der Waals surface area contributed by atoms with Crippen LogP contribution in [0.4, 0.5) is 0 Å². The van der Waals surface area contributed by atoms with Gasteiger partial charge in [-0.3, -0.25) is 9.78 Å². The summed E-state index contributed by atoms with van der Waals surface area (Å²) in [6.45, 7) is 2.56. The fourth-order valence-electron chi connectivity index (χ4n) is 4.75. The van der Waals surface area contributed by atoms with Crippen LogP contribution in [0.15, 0.2) is 97.3 Å². The molecule has 1 fully saturated rings. The molecular formula is C29H28N2O2.